The van der Waals surface area contributed by atoms with Crippen molar-refractivity contribution >= 4 is 15.9 Å². The molecule has 1 heterocycles. The van der Waals surface area contributed by atoms with Crippen LogP contribution in [-0.4, -0.2) is 31.2 Å². The summed E-state index contributed by atoms with van der Waals surface area (Å²) in [5, 5.41) is 2.81. The van der Waals surface area contributed by atoms with Crippen LogP contribution in [-0.2, 0) is 34.1 Å². The fourth-order valence-electron chi connectivity index (χ4n) is 4.03. The Morgan fingerprint density at radius 2 is 1.69 bits per heavy atom. The van der Waals surface area contributed by atoms with Gasteiger partial charge in [-0.05, 0) is 60.4 Å². The predicted molar refractivity (Wildman–Crippen MR) is 127 cm³/mol. The quantitative estimate of drug-likeness (QED) is 0.467. The van der Waals surface area contributed by atoms with E-state index in [0.717, 1.165) is 17.7 Å². The first-order valence-corrected chi connectivity index (χ1v) is 12.8. The lowest BCUT2D eigenvalue weighted by atomic mass is 10.1. The Morgan fingerprint density at radius 3 is 2.39 bits per heavy atom. The number of rotatable bonds is 8. The second kappa shape index (κ2) is 10.7. The molecule has 1 fully saturated rings. The minimum Gasteiger partial charge on any atom is -0.489 e. The maximum absolute atomic E-state index is 13.0. The largest absolute Gasteiger partial charge is 0.489 e. The molecule has 4 rings (SSSR count). The van der Waals surface area contributed by atoms with Crippen molar-refractivity contribution in [2.24, 2.45) is 0 Å². The number of halogens is 3. The Morgan fingerprint density at radius 1 is 0.972 bits per heavy atom. The van der Waals surface area contributed by atoms with E-state index in [9.17, 15) is 26.4 Å². The normalized spacial score (nSPS) is 16.6. The number of amides is 1. The standard InChI is InChI=1S/C26H25F3N2O4S/c27-26(28,29)21-13-11-19(12-14-21)18-35-22-7-4-6-20(16-22)17-30-25(32)24-10-5-15-31(24)36(33,34)23-8-2-1-3-9-23/h1-4,6-9,11-14,16,24H,5,10,15,17-18H2,(H,30,32)/t24-/m0/s1. The van der Waals surface area contributed by atoms with E-state index in [1.807, 2.05) is 0 Å². The highest BCUT2D eigenvalue weighted by Crippen LogP contribution is 2.29. The van der Waals surface area contributed by atoms with E-state index in [4.69, 9.17) is 4.74 Å². The van der Waals surface area contributed by atoms with E-state index >= 15 is 0 Å². The molecule has 6 nitrogen and oxygen atoms in total. The molecule has 0 bridgehead atoms. The average molecular weight is 519 g/mol. The third-order valence-corrected chi connectivity index (χ3v) is 7.83. The summed E-state index contributed by atoms with van der Waals surface area (Å²) in [6, 6.07) is 19.0. The van der Waals surface area contributed by atoms with Gasteiger partial charge in [-0.3, -0.25) is 4.79 Å². The Hall–Kier alpha value is -3.37. The number of hydrogen-bond donors (Lipinski definition) is 1. The lowest BCUT2D eigenvalue weighted by Gasteiger charge is -2.23. The molecule has 1 aliphatic rings. The maximum atomic E-state index is 13.0. The minimum atomic E-state index is -4.39. The van der Waals surface area contributed by atoms with Crippen LogP contribution in [0.5, 0.6) is 5.75 Å². The van der Waals surface area contributed by atoms with Gasteiger partial charge in [0.1, 0.15) is 18.4 Å². The molecule has 0 aliphatic carbocycles. The first kappa shape index (κ1) is 25.7. The number of ether oxygens (including phenoxy) is 1. The van der Waals surface area contributed by atoms with Crippen molar-refractivity contribution in [3.63, 3.8) is 0 Å². The van der Waals surface area contributed by atoms with Crippen molar-refractivity contribution in [2.45, 2.75) is 43.1 Å². The van der Waals surface area contributed by atoms with Gasteiger partial charge in [-0.1, -0.05) is 42.5 Å². The van der Waals surface area contributed by atoms with E-state index in [1.165, 1.54) is 28.6 Å². The second-order valence-electron chi connectivity index (χ2n) is 8.44. The Balaban J connectivity index is 1.34. The number of carbonyl (C=O) groups excluding carboxylic acids is 1. The fourth-order valence-corrected chi connectivity index (χ4v) is 5.70. The Kier molecular flexibility index (Phi) is 7.65. The maximum Gasteiger partial charge on any atom is 0.416 e. The van der Waals surface area contributed by atoms with Crippen molar-refractivity contribution in [2.75, 3.05) is 6.54 Å². The van der Waals surface area contributed by atoms with Crippen LogP contribution >= 0.6 is 0 Å². The molecule has 0 radical (unpaired) electrons. The van der Waals surface area contributed by atoms with Crippen molar-refractivity contribution < 1.29 is 31.1 Å². The molecule has 3 aromatic rings. The number of sulfonamides is 1. The van der Waals surface area contributed by atoms with Crippen LogP contribution in [0.15, 0.2) is 83.8 Å². The molecule has 0 spiro atoms. The lowest BCUT2D eigenvalue weighted by Crippen LogP contribution is -2.45. The Labute approximate surface area is 207 Å². The molecule has 1 atom stereocenters. The summed E-state index contributed by atoms with van der Waals surface area (Å²) in [6.45, 7) is 0.539. The van der Waals surface area contributed by atoms with Gasteiger partial charge in [0.25, 0.3) is 0 Å². The van der Waals surface area contributed by atoms with Crippen LogP contribution in [0.3, 0.4) is 0 Å². The molecular formula is C26H25F3N2O4S. The van der Waals surface area contributed by atoms with E-state index in [2.05, 4.69) is 5.32 Å². The SMILES string of the molecule is O=C(NCc1cccc(OCc2ccc(C(F)(F)F)cc2)c1)[C@@H]1CCCN1S(=O)(=O)c1ccccc1. The van der Waals surface area contributed by atoms with E-state index < -0.39 is 27.8 Å². The molecule has 36 heavy (non-hydrogen) atoms. The molecule has 1 saturated heterocycles. The van der Waals surface area contributed by atoms with Crippen LogP contribution in [0.2, 0.25) is 0 Å². The van der Waals surface area contributed by atoms with Crippen LogP contribution in [0, 0.1) is 0 Å². The zero-order valence-corrected chi connectivity index (χ0v) is 20.1. The highest BCUT2D eigenvalue weighted by Gasteiger charge is 2.39. The summed E-state index contributed by atoms with van der Waals surface area (Å²) in [7, 11) is -3.78. The van der Waals surface area contributed by atoms with E-state index in [0.29, 0.717) is 24.2 Å². The monoisotopic (exact) mass is 518 g/mol. The third-order valence-electron chi connectivity index (χ3n) is 5.91. The van der Waals surface area contributed by atoms with Gasteiger partial charge in [-0.25, -0.2) is 8.42 Å². The number of nitrogens with one attached hydrogen (secondary N) is 1. The summed E-state index contributed by atoms with van der Waals surface area (Å²) in [5.74, 6) is 0.124. The van der Waals surface area contributed by atoms with Crippen LogP contribution in [0.4, 0.5) is 13.2 Å². The highest BCUT2D eigenvalue weighted by atomic mass is 32.2. The number of benzene rings is 3. The van der Waals surface area contributed by atoms with Gasteiger partial charge < -0.3 is 10.1 Å². The van der Waals surface area contributed by atoms with Gasteiger partial charge in [0.05, 0.1) is 10.5 Å². The summed E-state index contributed by atoms with van der Waals surface area (Å²) in [6.07, 6.45) is -3.36. The van der Waals surface area contributed by atoms with Crippen molar-refractivity contribution in [1.29, 1.82) is 0 Å². The molecule has 0 saturated carbocycles. The van der Waals surface area contributed by atoms with Gasteiger partial charge >= 0.3 is 6.18 Å². The van der Waals surface area contributed by atoms with Gasteiger partial charge in [0.15, 0.2) is 0 Å². The third kappa shape index (κ3) is 6.06. The Bertz CT molecular complexity index is 1300. The minimum absolute atomic E-state index is 0.0856. The predicted octanol–water partition coefficient (Wildman–Crippen LogP) is 4.75. The van der Waals surface area contributed by atoms with Crippen LogP contribution < -0.4 is 10.1 Å². The summed E-state index contributed by atoms with van der Waals surface area (Å²) >= 11 is 0. The van der Waals surface area contributed by atoms with Gasteiger partial charge in [-0.15, -0.1) is 0 Å². The zero-order chi connectivity index (χ0) is 25.8. The van der Waals surface area contributed by atoms with Crippen LogP contribution in [0.1, 0.15) is 29.5 Å². The van der Waals surface area contributed by atoms with Gasteiger partial charge in [0.2, 0.25) is 15.9 Å². The second-order valence-corrected chi connectivity index (χ2v) is 10.3. The number of alkyl halides is 3. The number of hydrogen-bond acceptors (Lipinski definition) is 4. The van der Waals surface area contributed by atoms with Crippen molar-refractivity contribution in [3.05, 3.63) is 95.6 Å². The van der Waals surface area contributed by atoms with Gasteiger partial charge in [0, 0.05) is 13.1 Å². The first-order chi connectivity index (χ1) is 17.1. The molecule has 3 aromatic carbocycles. The molecule has 1 aliphatic heterocycles. The molecule has 190 valence electrons. The molecule has 1 amide bonds. The van der Waals surface area contributed by atoms with Crippen molar-refractivity contribution in [1.82, 2.24) is 9.62 Å². The average Bonchev–Trinajstić information content (AvgIpc) is 3.38. The fraction of sp³-hybridized carbons (Fsp3) is 0.269. The lowest BCUT2D eigenvalue weighted by molar-refractivity contribution is -0.137. The smallest absolute Gasteiger partial charge is 0.416 e. The first-order valence-electron chi connectivity index (χ1n) is 11.4. The van der Waals surface area contributed by atoms with Crippen LogP contribution in [0.25, 0.3) is 0 Å². The van der Waals surface area contributed by atoms with Gasteiger partial charge in [-0.2, -0.15) is 17.5 Å². The summed E-state index contributed by atoms with van der Waals surface area (Å²) in [5.41, 5.74) is 0.604. The zero-order valence-electron chi connectivity index (χ0n) is 19.2. The molecule has 1 N–H and O–H groups in total. The summed E-state index contributed by atoms with van der Waals surface area (Å²) in [4.78, 5) is 13.0. The summed E-state index contributed by atoms with van der Waals surface area (Å²) < 4.78 is 71.1. The highest BCUT2D eigenvalue weighted by molar-refractivity contribution is 7.89. The molecule has 0 unspecified atom stereocenters. The van der Waals surface area contributed by atoms with E-state index in [1.54, 1.807) is 42.5 Å². The number of carbonyl (C=O) groups is 1. The number of nitrogens with zero attached hydrogens (tertiary/aromatic N) is 1. The molecular weight excluding hydrogens is 493 g/mol. The van der Waals surface area contributed by atoms with Crippen molar-refractivity contribution in [3.8, 4) is 5.75 Å². The molecule has 10 heteroatoms. The van der Waals surface area contributed by atoms with E-state index in [-0.39, 0.29) is 30.5 Å². The molecule has 0 aromatic heterocycles. The topological polar surface area (TPSA) is 75.7 Å².